The Morgan fingerprint density at radius 1 is 1.18 bits per heavy atom. The molecule has 0 saturated heterocycles. The molecule has 0 fully saturated rings. The zero-order valence-corrected chi connectivity index (χ0v) is 16.5. The van der Waals surface area contributed by atoms with Crippen molar-refractivity contribution in [1.82, 2.24) is 10.2 Å². The fourth-order valence-corrected chi connectivity index (χ4v) is 5.45. The molecule has 8 nitrogen and oxygen atoms in total. The largest absolute Gasteiger partial charge is 0.497 e. The lowest BCUT2D eigenvalue weighted by molar-refractivity contribution is 0.102. The molecule has 0 bridgehead atoms. The normalized spacial score (nSPS) is 13.2. The molecule has 4 rings (SSSR count). The van der Waals surface area contributed by atoms with Gasteiger partial charge in [-0.1, -0.05) is 35.6 Å². The standard InChI is InChI=1S/C18H16N4O4S2/c1-26-14-7-4-6-13(11-14)16(23)19-17-20-21-18(27-17)28(24,25)22-10-9-12-5-2-3-8-15(12)22/h2-8,11H,9-10H2,1H3,(H,19,20,23). The summed E-state index contributed by atoms with van der Waals surface area (Å²) in [5.41, 5.74) is 1.99. The fraction of sp³-hybridized carbons (Fsp3) is 0.167. The van der Waals surface area contributed by atoms with Gasteiger partial charge in [-0.25, -0.2) is 0 Å². The lowest BCUT2D eigenvalue weighted by Gasteiger charge is -2.17. The van der Waals surface area contributed by atoms with Crippen molar-refractivity contribution in [3.63, 3.8) is 0 Å². The molecule has 3 aromatic rings. The van der Waals surface area contributed by atoms with E-state index in [1.807, 2.05) is 12.1 Å². The second kappa shape index (κ2) is 7.21. The Bertz CT molecular complexity index is 1140. The second-order valence-corrected chi connectivity index (χ2v) is 9.03. The predicted molar refractivity (Wildman–Crippen MR) is 106 cm³/mol. The number of nitrogens with one attached hydrogen (secondary N) is 1. The molecule has 2 heterocycles. The molecule has 28 heavy (non-hydrogen) atoms. The lowest BCUT2D eigenvalue weighted by atomic mass is 10.2. The third-order valence-corrected chi connectivity index (χ3v) is 7.31. The van der Waals surface area contributed by atoms with Crippen LogP contribution in [0.25, 0.3) is 0 Å². The number of carbonyl (C=O) groups excluding carboxylic acids is 1. The quantitative estimate of drug-likeness (QED) is 0.642. The number of anilines is 2. The number of ether oxygens (including phenoxy) is 1. The molecule has 0 atom stereocenters. The number of aromatic nitrogens is 2. The van der Waals surface area contributed by atoms with E-state index in [1.54, 1.807) is 36.4 Å². The van der Waals surface area contributed by atoms with Crippen molar-refractivity contribution >= 4 is 38.1 Å². The van der Waals surface area contributed by atoms with E-state index in [1.165, 1.54) is 11.4 Å². The number of nitrogens with zero attached hydrogens (tertiary/aromatic N) is 3. The molecule has 0 aliphatic carbocycles. The van der Waals surface area contributed by atoms with Crippen molar-refractivity contribution < 1.29 is 17.9 Å². The van der Waals surface area contributed by atoms with Gasteiger partial charge in [-0.2, -0.15) is 8.42 Å². The van der Waals surface area contributed by atoms with Crippen molar-refractivity contribution in [3.8, 4) is 5.75 Å². The van der Waals surface area contributed by atoms with Crippen LogP contribution in [0.5, 0.6) is 5.75 Å². The highest BCUT2D eigenvalue weighted by molar-refractivity contribution is 7.94. The lowest BCUT2D eigenvalue weighted by Crippen LogP contribution is -2.29. The van der Waals surface area contributed by atoms with Crippen LogP contribution in [0.3, 0.4) is 0 Å². The van der Waals surface area contributed by atoms with Crippen LogP contribution >= 0.6 is 11.3 Å². The van der Waals surface area contributed by atoms with Gasteiger partial charge in [-0.05, 0) is 36.2 Å². The number of benzene rings is 2. The molecule has 1 aromatic heterocycles. The molecule has 0 radical (unpaired) electrons. The highest BCUT2D eigenvalue weighted by Gasteiger charge is 2.33. The summed E-state index contributed by atoms with van der Waals surface area (Å²) < 4.78 is 32.2. The van der Waals surface area contributed by atoms with Crippen molar-refractivity contribution in [3.05, 3.63) is 59.7 Å². The number of methoxy groups -OCH3 is 1. The number of sulfonamides is 1. The molecule has 1 aliphatic rings. The molecule has 2 aromatic carbocycles. The molecule has 10 heteroatoms. The third-order valence-electron chi connectivity index (χ3n) is 4.31. The van der Waals surface area contributed by atoms with Crippen LogP contribution in [0.15, 0.2) is 52.9 Å². The minimum Gasteiger partial charge on any atom is -0.497 e. The Morgan fingerprint density at radius 2 is 2.00 bits per heavy atom. The van der Waals surface area contributed by atoms with Crippen LogP contribution in [0.2, 0.25) is 0 Å². The number of hydrogen-bond acceptors (Lipinski definition) is 7. The molecular weight excluding hydrogens is 400 g/mol. The topological polar surface area (TPSA) is 101 Å². The van der Waals surface area contributed by atoms with Gasteiger partial charge in [0, 0.05) is 12.1 Å². The van der Waals surface area contributed by atoms with Gasteiger partial charge in [0.2, 0.25) is 5.13 Å². The molecule has 1 N–H and O–H groups in total. The average Bonchev–Trinajstić information content (AvgIpc) is 3.35. The van der Waals surface area contributed by atoms with Crippen LogP contribution in [-0.2, 0) is 16.4 Å². The Kier molecular flexibility index (Phi) is 4.73. The molecule has 0 saturated carbocycles. The molecule has 0 unspecified atom stereocenters. The van der Waals surface area contributed by atoms with Gasteiger partial charge < -0.3 is 4.74 Å². The zero-order valence-electron chi connectivity index (χ0n) is 14.8. The number of para-hydroxylation sites is 1. The first-order chi connectivity index (χ1) is 13.5. The van der Waals surface area contributed by atoms with E-state index in [-0.39, 0.29) is 9.47 Å². The van der Waals surface area contributed by atoms with E-state index in [2.05, 4.69) is 15.5 Å². The Morgan fingerprint density at radius 3 is 2.82 bits per heavy atom. The van der Waals surface area contributed by atoms with Crippen LogP contribution in [-0.4, -0.2) is 38.2 Å². The SMILES string of the molecule is COc1cccc(C(=O)Nc2nnc(S(=O)(=O)N3CCc4ccccc43)s2)c1. The van der Waals surface area contributed by atoms with Crippen molar-refractivity contribution in [1.29, 1.82) is 0 Å². The molecule has 1 amide bonds. The average molecular weight is 416 g/mol. The van der Waals surface area contributed by atoms with Gasteiger partial charge in [-0.15, -0.1) is 10.2 Å². The van der Waals surface area contributed by atoms with Crippen molar-refractivity contribution in [2.75, 3.05) is 23.3 Å². The third kappa shape index (κ3) is 3.32. The van der Waals surface area contributed by atoms with Crippen molar-refractivity contribution in [2.45, 2.75) is 10.8 Å². The van der Waals surface area contributed by atoms with Gasteiger partial charge >= 0.3 is 0 Å². The monoisotopic (exact) mass is 416 g/mol. The number of rotatable bonds is 5. The van der Waals surface area contributed by atoms with E-state index in [4.69, 9.17) is 4.74 Å². The van der Waals surface area contributed by atoms with E-state index in [0.29, 0.717) is 30.0 Å². The van der Waals surface area contributed by atoms with E-state index in [0.717, 1.165) is 16.9 Å². The molecule has 1 aliphatic heterocycles. The van der Waals surface area contributed by atoms with Crippen LogP contribution in [0.1, 0.15) is 15.9 Å². The summed E-state index contributed by atoms with van der Waals surface area (Å²) in [4.78, 5) is 12.4. The van der Waals surface area contributed by atoms with Gasteiger partial charge in [0.25, 0.3) is 20.3 Å². The molecular formula is C18H16N4O4S2. The number of amides is 1. The van der Waals surface area contributed by atoms with E-state index < -0.39 is 15.9 Å². The van der Waals surface area contributed by atoms with E-state index >= 15 is 0 Å². The van der Waals surface area contributed by atoms with Crippen LogP contribution in [0.4, 0.5) is 10.8 Å². The maximum Gasteiger partial charge on any atom is 0.293 e. The summed E-state index contributed by atoms with van der Waals surface area (Å²) in [6.07, 6.45) is 0.646. The first-order valence-electron chi connectivity index (χ1n) is 8.38. The number of fused-ring (bicyclic) bond motifs is 1. The van der Waals surface area contributed by atoms with Gasteiger partial charge in [-0.3, -0.25) is 14.4 Å². The zero-order chi connectivity index (χ0) is 19.7. The summed E-state index contributed by atoms with van der Waals surface area (Å²) in [7, 11) is -2.33. The summed E-state index contributed by atoms with van der Waals surface area (Å²) >= 11 is 0.819. The van der Waals surface area contributed by atoms with Gasteiger partial charge in [0.1, 0.15) is 5.75 Å². The predicted octanol–water partition coefficient (Wildman–Crippen LogP) is 2.55. The van der Waals surface area contributed by atoms with Crippen molar-refractivity contribution in [2.24, 2.45) is 0 Å². The maximum absolute atomic E-state index is 13.0. The molecule has 144 valence electrons. The number of carbonyl (C=O) groups is 1. The number of hydrogen-bond donors (Lipinski definition) is 1. The summed E-state index contributed by atoms with van der Waals surface area (Å²) in [5, 5.41) is 10.3. The first kappa shape index (κ1) is 18.4. The second-order valence-electron chi connectivity index (χ2n) is 6.02. The summed E-state index contributed by atoms with van der Waals surface area (Å²) in [6.45, 7) is 0.354. The Labute approximate surface area is 165 Å². The Balaban J connectivity index is 1.55. The Hall–Kier alpha value is -2.98. The molecule has 0 spiro atoms. The fourth-order valence-electron chi connectivity index (χ4n) is 2.95. The first-order valence-corrected chi connectivity index (χ1v) is 10.6. The highest BCUT2D eigenvalue weighted by Crippen LogP contribution is 2.34. The highest BCUT2D eigenvalue weighted by atomic mass is 32.2. The maximum atomic E-state index is 13.0. The minimum atomic E-state index is -3.84. The smallest absolute Gasteiger partial charge is 0.293 e. The summed E-state index contributed by atoms with van der Waals surface area (Å²) in [6, 6.07) is 14.0. The van der Waals surface area contributed by atoms with Gasteiger partial charge in [0.05, 0.1) is 12.8 Å². The van der Waals surface area contributed by atoms with Crippen LogP contribution < -0.4 is 14.4 Å². The minimum absolute atomic E-state index is 0.110. The van der Waals surface area contributed by atoms with Gasteiger partial charge in [0.15, 0.2) is 0 Å². The summed E-state index contributed by atoms with van der Waals surface area (Å²) in [5.74, 6) is 0.117. The van der Waals surface area contributed by atoms with E-state index in [9.17, 15) is 13.2 Å². The van der Waals surface area contributed by atoms with Crippen LogP contribution in [0, 0.1) is 0 Å².